The zero-order chi connectivity index (χ0) is 11.8. The molecule has 1 aliphatic rings. The molecule has 1 aromatic heterocycles. The minimum atomic E-state index is -0.376. The molecule has 1 fully saturated rings. The van der Waals surface area contributed by atoms with Crippen molar-refractivity contribution in [3.05, 3.63) is 17.7 Å². The van der Waals surface area contributed by atoms with Crippen molar-refractivity contribution in [1.82, 2.24) is 14.9 Å². The highest BCUT2D eigenvalue weighted by Crippen LogP contribution is 2.26. The van der Waals surface area contributed by atoms with Crippen LogP contribution in [0.1, 0.15) is 44.1 Å². The third kappa shape index (κ3) is 2.44. The quantitative estimate of drug-likeness (QED) is 0.795. The summed E-state index contributed by atoms with van der Waals surface area (Å²) in [6.07, 6.45) is 4.46. The van der Waals surface area contributed by atoms with Crippen LogP contribution in [-0.2, 0) is 5.54 Å². The molecule has 0 spiro atoms. The van der Waals surface area contributed by atoms with E-state index in [2.05, 4.69) is 21.9 Å². The summed E-state index contributed by atoms with van der Waals surface area (Å²) in [5.41, 5.74) is 6.88. The van der Waals surface area contributed by atoms with Crippen molar-refractivity contribution in [3.8, 4) is 0 Å². The highest BCUT2D eigenvalue weighted by atomic mass is 15.1. The van der Waals surface area contributed by atoms with E-state index in [0.29, 0.717) is 5.92 Å². The van der Waals surface area contributed by atoms with Gasteiger partial charge in [-0.15, -0.1) is 0 Å². The molecule has 0 saturated carbocycles. The molecule has 2 rings (SSSR count). The molecular weight excluding hydrogens is 200 g/mol. The van der Waals surface area contributed by atoms with E-state index < -0.39 is 0 Å². The Bertz CT molecular complexity index is 350. The molecule has 1 aliphatic heterocycles. The Morgan fingerprint density at radius 2 is 2.31 bits per heavy atom. The van der Waals surface area contributed by atoms with Gasteiger partial charge in [-0.05, 0) is 40.3 Å². The van der Waals surface area contributed by atoms with Crippen LogP contribution >= 0.6 is 0 Å². The van der Waals surface area contributed by atoms with Crippen molar-refractivity contribution in [3.63, 3.8) is 0 Å². The van der Waals surface area contributed by atoms with Crippen molar-refractivity contribution < 1.29 is 0 Å². The monoisotopic (exact) mass is 222 g/mol. The molecule has 1 atom stereocenters. The van der Waals surface area contributed by atoms with E-state index in [-0.39, 0.29) is 5.54 Å². The average molecular weight is 222 g/mol. The van der Waals surface area contributed by atoms with E-state index in [1.54, 1.807) is 0 Å². The van der Waals surface area contributed by atoms with Gasteiger partial charge in [0.05, 0.1) is 5.54 Å². The first-order valence-electron chi connectivity index (χ1n) is 5.99. The van der Waals surface area contributed by atoms with Crippen LogP contribution < -0.4 is 5.73 Å². The number of nitrogens with zero attached hydrogens (tertiary/aromatic N) is 2. The van der Waals surface area contributed by atoms with Crippen LogP contribution in [0.3, 0.4) is 0 Å². The second kappa shape index (κ2) is 4.18. The summed E-state index contributed by atoms with van der Waals surface area (Å²) in [6.45, 7) is 6.28. The van der Waals surface area contributed by atoms with Crippen LogP contribution in [-0.4, -0.2) is 35.0 Å². The molecular formula is C12H22N4. The van der Waals surface area contributed by atoms with Gasteiger partial charge in [0.1, 0.15) is 5.82 Å². The molecule has 0 bridgehead atoms. The van der Waals surface area contributed by atoms with Crippen molar-refractivity contribution in [2.45, 2.75) is 38.1 Å². The molecule has 90 valence electrons. The predicted molar refractivity (Wildman–Crippen MR) is 65.3 cm³/mol. The Kier molecular flexibility index (Phi) is 3.04. The first-order valence-corrected chi connectivity index (χ1v) is 5.99. The fraction of sp³-hybridized carbons (Fsp3) is 0.750. The first-order chi connectivity index (χ1) is 7.47. The van der Waals surface area contributed by atoms with Crippen LogP contribution in [0.15, 0.2) is 6.20 Å². The Labute approximate surface area is 97.2 Å². The Balaban J connectivity index is 2.12. The van der Waals surface area contributed by atoms with Crippen LogP contribution in [0.25, 0.3) is 0 Å². The number of likely N-dealkylation sites (N-methyl/N-ethyl adjacent to an activating group) is 1. The van der Waals surface area contributed by atoms with E-state index in [4.69, 9.17) is 5.73 Å². The summed E-state index contributed by atoms with van der Waals surface area (Å²) in [5.74, 6) is 1.47. The standard InChI is InChI=1S/C12H22N4/c1-12(2,13)11-14-7-10(15-11)9-5-4-6-16(3)8-9/h7,9H,4-6,8,13H2,1-3H3,(H,14,15). The van der Waals surface area contributed by atoms with E-state index in [1.165, 1.54) is 25.1 Å². The fourth-order valence-electron chi connectivity index (χ4n) is 2.29. The van der Waals surface area contributed by atoms with Gasteiger partial charge in [0.2, 0.25) is 0 Å². The number of piperidine rings is 1. The molecule has 1 unspecified atom stereocenters. The fourth-order valence-corrected chi connectivity index (χ4v) is 2.29. The lowest BCUT2D eigenvalue weighted by atomic mass is 9.96. The van der Waals surface area contributed by atoms with E-state index >= 15 is 0 Å². The number of hydrogen-bond donors (Lipinski definition) is 2. The Hall–Kier alpha value is -0.870. The average Bonchev–Trinajstić information content (AvgIpc) is 2.65. The molecule has 4 heteroatoms. The zero-order valence-electron chi connectivity index (χ0n) is 10.5. The number of rotatable bonds is 2. The van der Waals surface area contributed by atoms with E-state index in [0.717, 1.165) is 12.4 Å². The number of aromatic nitrogens is 2. The van der Waals surface area contributed by atoms with Crippen molar-refractivity contribution in [1.29, 1.82) is 0 Å². The molecule has 0 aliphatic carbocycles. The lowest BCUT2D eigenvalue weighted by molar-refractivity contribution is 0.248. The third-order valence-electron chi connectivity index (χ3n) is 3.27. The minimum absolute atomic E-state index is 0.376. The SMILES string of the molecule is CN1CCCC(c2cnc(C(C)(C)N)[nH]2)C1. The van der Waals surface area contributed by atoms with Crippen LogP contribution in [0.5, 0.6) is 0 Å². The maximum absolute atomic E-state index is 6.02. The van der Waals surface area contributed by atoms with Gasteiger partial charge in [-0.1, -0.05) is 0 Å². The van der Waals surface area contributed by atoms with Crippen molar-refractivity contribution >= 4 is 0 Å². The smallest absolute Gasteiger partial charge is 0.125 e. The van der Waals surface area contributed by atoms with Crippen LogP contribution in [0.4, 0.5) is 0 Å². The first kappa shape index (κ1) is 11.6. The number of imidazole rings is 1. The van der Waals surface area contributed by atoms with E-state index in [1.807, 2.05) is 20.0 Å². The second-order valence-electron chi connectivity index (χ2n) is 5.51. The number of nitrogens with two attached hydrogens (primary N) is 1. The van der Waals surface area contributed by atoms with Gasteiger partial charge in [-0.25, -0.2) is 4.98 Å². The Morgan fingerprint density at radius 3 is 2.88 bits per heavy atom. The Morgan fingerprint density at radius 1 is 1.56 bits per heavy atom. The highest BCUT2D eigenvalue weighted by molar-refractivity contribution is 5.13. The van der Waals surface area contributed by atoms with Gasteiger partial charge in [0, 0.05) is 24.4 Å². The predicted octanol–water partition coefficient (Wildman–Crippen LogP) is 1.41. The maximum atomic E-state index is 6.02. The maximum Gasteiger partial charge on any atom is 0.125 e. The molecule has 3 N–H and O–H groups in total. The number of hydrogen-bond acceptors (Lipinski definition) is 3. The number of H-pyrrole nitrogens is 1. The second-order valence-corrected chi connectivity index (χ2v) is 5.51. The normalized spacial score (nSPS) is 23.6. The van der Waals surface area contributed by atoms with Crippen molar-refractivity contribution in [2.24, 2.45) is 5.73 Å². The highest BCUT2D eigenvalue weighted by Gasteiger charge is 2.23. The third-order valence-corrected chi connectivity index (χ3v) is 3.27. The van der Waals surface area contributed by atoms with Gasteiger partial charge in [-0.3, -0.25) is 0 Å². The lowest BCUT2D eigenvalue weighted by Gasteiger charge is -2.28. The number of likely N-dealkylation sites (tertiary alicyclic amines) is 1. The summed E-state index contributed by atoms with van der Waals surface area (Å²) >= 11 is 0. The van der Waals surface area contributed by atoms with Gasteiger partial charge < -0.3 is 15.6 Å². The minimum Gasteiger partial charge on any atom is -0.344 e. The topological polar surface area (TPSA) is 57.9 Å². The molecule has 1 aromatic rings. The molecule has 16 heavy (non-hydrogen) atoms. The molecule has 0 amide bonds. The zero-order valence-corrected chi connectivity index (χ0v) is 10.5. The number of aromatic amines is 1. The van der Waals surface area contributed by atoms with Gasteiger partial charge in [-0.2, -0.15) is 0 Å². The van der Waals surface area contributed by atoms with Gasteiger partial charge in [0.25, 0.3) is 0 Å². The summed E-state index contributed by atoms with van der Waals surface area (Å²) in [6, 6.07) is 0. The molecule has 0 radical (unpaired) electrons. The summed E-state index contributed by atoms with van der Waals surface area (Å²) < 4.78 is 0. The van der Waals surface area contributed by atoms with Crippen LogP contribution in [0, 0.1) is 0 Å². The molecule has 2 heterocycles. The van der Waals surface area contributed by atoms with E-state index in [9.17, 15) is 0 Å². The number of nitrogens with one attached hydrogen (secondary N) is 1. The largest absolute Gasteiger partial charge is 0.344 e. The van der Waals surface area contributed by atoms with Gasteiger partial charge >= 0.3 is 0 Å². The van der Waals surface area contributed by atoms with Gasteiger partial charge in [0.15, 0.2) is 0 Å². The summed E-state index contributed by atoms with van der Waals surface area (Å²) in [5, 5.41) is 0. The molecule has 0 aromatic carbocycles. The van der Waals surface area contributed by atoms with Crippen LogP contribution in [0.2, 0.25) is 0 Å². The summed E-state index contributed by atoms with van der Waals surface area (Å²) in [4.78, 5) is 10.1. The summed E-state index contributed by atoms with van der Waals surface area (Å²) in [7, 11) is 2.18. The molecule has 1 saturated heterocycles. The van der Waals surface area contributed by atoms with Crippen molar-refractivity contribution in [2.75, 3.05) is 20.1 Å². The lowest BCUT2D eigenvalue weighted by Crippen LogP contribution is -2.32. The molecule has 4 nitrogen and oxygen atoms in total.